The molecule has 1 aromatic heterocycles. The number of carbonyl (C=O) groups excluding carboxylic acids is 1. The Bertz CT molecular complexity index is 948. The Kier molecular flexibility index (Phi) is 3.84. The number of anilines is 2. The highest BCUT2D eigenvalue weighted by Gasteiger charge is 2.33. The summed E-state index contributed by atoms with van der Waals surface area (Å²) in [5, 5.41) is 5.38. The number of nitrogens with one attached hydrogen (secondary N) is 1. The summed E-state index contributed by atoms with van der Waals surface area (Å²) >= 11 is 1.41. The second kappa shape index (κ2) is 5.81. The predicted octanol–water partition coefficient (Wildman–Crippen LogP) is 2.87. The molecule has 2 aliphatic rings. The van der Waals surface area contributed by atoms with Gasteiger partial charge in [0.2, 0.25) is 15.9 Å². The third-order valence-corrected chi connectivity index (χ3v) is 6.60. The van der Waals surface area contributed by atoms with Gasteiger partial charge in [0.25, 0.3) is 0 Å². The number of hydrogen-bond acceptors (Lipinski definition) is 5. The van der Waals surface area contributed by atoms with E-state index in [1.807, 2.05) is 30.5 Å². The van der Waals surface area contributed by atoms with Gasteiger partial charge in [0, 0.05) is 22.9 Å². The molecular formula is C17H19N3O3S2. The smallest absolute Gasteiger partial charge is 0.232 e. The van der Waals surface area contributed by atoms with Crippen molar-refractivity contribution in [2.75, 3.05) is 15.9 Å². The Morgan fingerprint density at radius 2 is 2.12 bits per heavy atom. The van der Waals surface area contributed by atoms with E-state index in [1.165, 1.54) is 21.9 Å². The summed E-state index contributed by atoms with van der Waals surface area (Å²) in [5.41, 5.74) is 3.48. The topological polar surface area (TPSA) is 79.4 Å². The fourth-order valence-electron chi connectivity index (χ4n) is 3.28. The number of hydrogen-bond donors (Lipinski definition) is 1. The van der Waals surface area contributed by atoms with E-state index in [-0.39, 0.29) is 17.9 Å². The molecule has 132 valence electrons. The molecule has 0 saturated heterocycles. The van der Waals surface area contributed by atoms with Crippen LogP contribution >= 0.6 is 11.3 Å². The van der Waals surface area contributed by atoms with Gasteiger partial charge in [-0.3, -0.25) is 9.10 Å². The van der Waals surface area contributed by atoms with E-state index in [4.69, 9.17) is 0 Å². The summed E-state index contributed by atoms with van der Waals surface area (Å²) in [6.07, 6.45) is 3.85. The van der Waals surface area contributed by atoms with E-state index in [9.17, 15) is 13.2 Å². The number of sulfonamides is 1. The number of fused-ring (bicyclic) bond motifs is 1. The number of nitrogens with zero attached hydrogens (tertiary/aromatic N) is 2. The summed E-state index contributed by atoms with van der Waals surface area (Å²) < 4.78 is 25.5. The maximum Gasteiger partial charge on any atom is 0.232 e. The minimum atomic E-state index is -3.28. The van der Waals surface area contributed by atoms with Crippen molar-refractivity contribution in [3.63, 3.8) is 0 Å². The minimum Gasteiger partial charge on any atom is -0.302 e. The summed E-state index contributed by atoms with van der Waals surface area (Å²) in [6, 6.07) is 5.65. The van der Waals surface area contributed by atoms with Crippen molar-refractivity contribution in [1.29, 1.82) is 0 Å². The third kappa shape index (κ3) is 3.16. The van der Waals surface area contributed by atoms with Crippen molar-refractivity contribution in [2.45, 2.75) is 32.2 Å². The van der Waals surface area contributed by atoms with E-state index in [2.05, 4.69) is 10.3 Å². The molecule has 0 unspecified atom stereocenters. The molecule has 2 heterocycles. The van der Waals surface area contributed by atoms with Crippen LogP contribution in [-0.4, -0.2) is 31.6 Å². The first-order chi connectivity index (χ1) is 11.8. The summed E-state index contributed by atoms with van der Waals surface area (Å²) in [7, 11) is -3.28. The monoisotopic (exact) mass is 377 g/mol. The van der Waals surface area contributed by atoms with Gasteiger partial charge in [0.15, 0.2) is 5.13 Å². The molecule has 2 aromatic rings. The molecule has 1 amide bonds. The van der Waals surface area contributed by atoms with Gasteiger partial charge in [-0.15, -0.1) is 11.3 Å². The molecular weight excluding hydrogens is 358 g/mol. The lowest BCUT2D eigenvalue weighted by Crippen LogP contribution is -2.34. The fraction of sp³-hybridized carbons (Fsp3) is 0.412. The van der Waals surface area contributed by atoms with Gasteiger partial charge in [-0.2, -0.15) is 0 Å². The Hall–Kier alpha value is -1.93. The number of carbonyl (C=O) groups is 1. The Morgan fingerprint density at radius 3 is 2.80 bits per heavy atom. The summed E-state index contributed by atoms with van der Waals surface area (Å²) in [6.45, 7) is 1.91. The van der Waals surface area contributed by atoms with Gasteiger partial charge in [-0.1, -0.05) is 6.07 Å². The molecule has 1 N–H and O–H groups in total. The van der Waals surface area contributed by atoms with E-state index >= 15 is 0 Å². The molecule has 1 aliphatic heterocycles. The molecule has 1 aromatic carbocycles. The number of thiazole rings is 1. The Balaban J connectivity index is 1.60. The molecule has 8 heteroatoms. The van der Waals surface area contributed by atoms with Crippen LogP contribution in [0.2, 0.25) is 0 Å². The van der Waals surface area contributed by atoms with Crippen molar-refractivity contribution < 1.29 is 13.2 Å². The highest BCUT2D eigenvalue weighted by Crippen LogP contribution is 2.37. The van der Waals surface area contributed by atoms with Crippen LogP contribution in [0.4, 0.5) is 10.8 Å². The van der Waals surface area contributed by atoms with Gasteiger partial charge < -0.3 is 5.32 Å². The van der Waals surface area contributed by atoms with E-state index in [0.29, 0.717) is 11.6 Å². The Labute approximate surface area is 150 Å². The van der Waals surface area contributed by atoms with Gasteiger partial charge in [-0.05, 0) is 43.9 Å². The van der Waals surface area contributed by atoms with Crippen LogP contribution in [0.15, 0.2) is 23.6 Å². The van der Waals surface area contributed by atoms with Gasteiger partial charge >= 0.3 is 0 Å². The number of rotatable bonds is 4. The second-order valence-corrected chi connectivity index (χ2v) is 9.47. The molecule has 1 aliphatic carbocycles. The van der Waals surface area contributed by atoms with Crippen LogP contribution < -0.4 is 9.62 Å². The lowest BCUT2D eigenvalue weighted by Gasteiger charge is -2.21. The average Bonchev–Trinajstić information content (AvgIpc) is 3.18. The number of benzene rings is 1. The van der Waals surface area contributed by atoms with Crippen molar-refractivity contribution in [1.82, 2.24) is 4.98 Å². The van der Waals surface area contributed by atoms with E-state index in [1.54, 1.807) is 0 Å². The van der Waals surface area contributed by atoms with Gasteiger partial charge in [-0.25, -0.2) is 13.4 Å². The molecule has 25 heavy (non-hydrogen) atoms. The summed E-state index contributed by atoms with van der Waals surface area (Å²) in [4.78, 5) is 16.3. The Morgan fingerprint density at radius 1 is 1.36 bits per heavy atom. The van der Waals surface area contributed by atoms with E-state index in [0.717, 1.165) is 35.3 Å². The highest BCUT2D eigenvalue weighted by atomic mass is 32.2. The number of aromatic nitrogens is 1. The minimum absolute atomic E-state index is 0.0486. The highest BCUT2D eigenvalue weighted by molar-refractivity contribution is 7.92. The van der Waals surface area contributed by atoms with Gasteiger partial charge in [0.1, 0.15) is 0 Å². The third-order valence-electron chi connectivity index (χ3n) is 4.57. The predicted molar refractivity (Wildman–Crippen MR) is 99.4 cm³/mol. The second-order valence-electron chi connectivity index (χ2n) is 6.76. The lowest BCUT2D eigenvalue weighted by atomic mass is 10.1. The van der Waals surface area contributed by atoms with Crippen molar-refractivity contribution in [2.24, 2.45) is 5.92 Å². The molecule has 1 fully saturated rings. The molecule has 1 saturated carbocycles. The number of amides is 1. The lowest BCUT2D eigenvalue weighted by molar-refractivity contribution is -0.117. The van der Waals surface area contributed by atoms with Crippen LogP contribution in [-0.2, 0) is 21.2 Å². The van der Waals surface area contributed by atoms with Crippen LogP contribution in [0, 0.1) is 5.92 Å². The quantitative estimate of drug-likeness (QED) is 0.888. The van der Waals surface area contributed by atoms with Crippen LogP contribution in [0.5, 0.6) is 0 Å². The van der Waals surface area contributed by atoms with Crippen molar-refractivity contribution in [3.8, 4) is 11.3 Å². The van der Waals surface area contributed by atoms with Crippen molar-refractivity contribution in [3.05, 3.63) is 29.1 Å². The first-order valence-corrected chi connectivity index (χ1v) is 10.9. The molecule has 4 rings (SSSR count). The largest absolute Gasteiger partial charge is 0.302 e. The zero-order valence-electron chi connectivity index (χ0n) is 14.0. The van der Waals surface area contributed by atoms with Crippen LogP contribution in [0.3, 0.4) is 0 Å². The zero-order chi connectivity index (χ0) is 17.8. The molecule has 0 bridgehead atoms. The van der Waals surface area contributed by atoms with Crippen LogP contribution in [0.25, 0.3) is 11.3 Å². The molecule has 0 radical (unpaired) electrons. The maximum atomic E-state index is 12.0. The maximum absolute atomic E-state index is 12.0. The fourth-order valence-corrected chi connectivity index (χ4v) is 5.27. The zero-order valence-corrected chi connectivity index (χ0v) is 15.7. The normalized spacial score (nSPS) is 19.8. The summed E-state index contributed by atoms with van der Waals surface area (Å²) in [5.74, 6) is 0.197. The molecule has 1 atom stereocenters. The van der Waals surface area contributed by atoms with Gasteiger partial charge in [0.05, 0.1) is 17.6 Å². The van der Waals surface area contributed by atoms with E-state index < -0.39 is 10.0 Å². The van der Waals surface area contributed by atoms with Crippen LogP contribution in [0.1, 0.15) is 25.3 Å². The first-order valence-electron chi connectivity index (χ1n) is 8.22. The first kappa shape index (κ1) is 16.5. The molecule has 0 spiro atoms. The standard InChI is InChI=1S/C17H19N3O3S2/c1-10-7-13-8-12(5-6-15(13)20(10)25(2,22)23)14-9-24-17(18-14)19-16(21)11-3-4-11/h5-6,8-11H,3-4,7H2,1-2H3,(H,18,19,21)/t10-/m0/s1. The molecule has 6 nitrogen and oxygen atoms in total. The van der Waals surface area contributed by atoms with Crippen molar-refractivity contribution >= 4 is 38.1 Å². The average molecular weight is 377 g/mol. The SMILES string of the molecule is C[C@H]1Cc2cc(-c3csc(NC(=O)C4CC4)n3)ccc2N1S(C)(=O)=O.